The highest BCUT2D eigenvalue weighted by molar-refractivity contribution is 5.71. The Hall–Kier alpha value is -2.55. The third-order valence-electron chi connectivity index (χ3n) is 7.81. The molecule has 3 aromatic rings. The lowest BCUT2D eigenvalue weighted by Crippen LogP contribution is -2.14. The summed E-state index contributed by atoms with van der Waals surface area (Å²) in [7, 11) is 0. The summed E-state index contributed by atoms with van der Waals surface area (Å²) < 4.78 is 43.4. The highest BCUT2D eigenvalue weighted by Gasteiger charge is 2.24. The van der Waals surface area contributed by atoms with E-state index in [0.29, 0.717) is 11.5 Å². The van der Waals surface area contributed by atoms with Gasteiger partial charge in [-0.05, 0) is 78.3 Å². The van der Waals surface area contributed by atoms with Crippen molar-refractivity contribution in [3.05, 3.63) is 83.2 Å². The Labute approximate surface area is 208 Å². The van der Waals surface area contributed by atoms with Gasteiger partial charge in [0.25, 0.3) is 0 Å². The normalized spacial score (nSPS) is 18.1. The zero-order valence-corrected chi connectivity index (χ0v) is 21.1. The average molecular weight is 479 g/mol. The van der Waals surface area contributed by atoms with Crippen LogP contribution in [-0.2, 0) is 0 Å². The quantitative estimate of drug-likeness (QED) is 0.268. The maximum absolute atomic E-state index is 15.1. The molecular formula is C32H37F3. The summed E-state index contributed by atoms with van der Waals surface area (Å²) in [5.41, 5.74) is 3.62. The number of rotatable bonds is 9. The van der Waals surface area contributed by atoms with Gasteiger partial charge in [-0.3, -0.25) is 0 Å². The van der Waals surface area contributed by atoms with Crippen molar-refractivity contribution in [2.75, 3.05) is 0 Å². The van der Waals surface area contributed by atoms with E-state index in [4.69, 9.17) is 0 Å². The molecule has 3 heteroatoms. The zero-order chi connectivity index (χ0) is 24.8. The highest BCUT2D eigenvalue weighted by Crippen LogP contribution is 2.39. The third kappa shape index (κ3) is 6.18. The molecule has 1 fully saturated rings. The van der Waals surface area contributed by atoms with Crippen LogP contribution in [0.5, 0.6) is 0 Å². The Bertz CT molecular complexity index is 1110. The molecule has 1 saturated carbocycles. The number of benzene rings is 3. The number of hydrogen-bond donors (Lipinski definition) is 0. The van der Waals surface area contributed by atoms with Gasteiger partial charge in [-0.25, -0.2) is 13.2 Å². The van der Waals surface area contributed by atoms with Crippen LogP contribution in [-0.4, -0.2) is 0 Å². The van der Waals surface area contributed by atoms with Crippen LogP contribution in [0.2, 0.25) is 0 Å². The van der Waals surface area contributed by atoms with E-state index in [1.165, 1.54) is 51.4 Å². The van der Waals surface area contributed by atoms with Crippen molar-refractivity contribution >= 4 is 0 Å². The van der Waals surface area contributed by atoms with Gasteiger partial charge in [-0.1, -0.05) is 94.0 Å². The molecule has 0 unspecified atom stereocenters. The van der Waals surface area contributed by atoms with E-state index in [9.17, 15) is 8.78 Å². The molecule has 0 bridgehead atoms. The maximum atomic E-state index is 15.1. The number of aryl methyl sites for hydroxylation is 1. The molecule has 3 aromatic carbocycles. The first-order valence-corrected chi connectivity index (χ1v) is 13.3. The Morgan fingerprint density at radius 3 is 2.03 bits per heavy atom. The minimum absolute atomic E-state index is 0.138. The van der Waals surface area contributed by atoms with Gasteiger partial charge in [-0.2, -0.15) is 0 Å². The van der Waals surface area contributed by atoms with Gasteiger partial charge in [-0.15, -0.1) is 0 Å². The molecular weight excluding hydrogens is 441 g/mol. The van der Waals surface area contributed by atoms with Crippen molar-refractivity contribution < 1.29 is 13.2 Å². The maximum Gasteiger partial charge on any atom is 0.166 e. The summed E-state index contributed by atoms with van der Waals surface area (Å²) in [6.45, 7) is 3.80. The van der Waals surface area contributed by atoms with E-state index in [1.54, 1.807) is 37.3 Å². The highest BCUT2D eigenvalue weighted by atomic mass is 19.2. The topological polar surface area (TPSA) is 0 Å². The molecule has 186 valence electrons. The molecule has 0 heterocycles. The lowest BCUT2D eigenvalue weighted by atomic mass is 9.76. The number of halogens is 3. The molecule has 0 atom stereocenters. The van der Waals surface area contributed by atoms with Crippen LogP contribution in [0.25, 0.3) is 22.3 Å². The van der Waals surface area contributed by atoms with E-state index in [-0.39, 0.29) is 16.9 Å². The molecule has 0 amide bonds. The molecule has 35 heavy (non-hydrogen) atoms. The second-order valence-corrected chi connectivity index (χ2v) is 10.3. The van der Waals surface area contributed by atoms with Crippen molar-refractivity contribution in [3.63, 3.8) is 0 Å². The van der Waals surface area contributed by atoms with Crippen molar-refractivity contribution in [2.24, 2.45) is 5.92 Å². The van der Waals surface area contributed by atoms with Crippen LogP contribution in [0.3, 0.4) is 0 Å². The summed E-state index contributed by atoms with van der Waals surface area (Å²) in [6, 6.07) is 15.9. The van der Waals surface area contributed by atoms with E-state index in [0.717, 1.165) is 35.4 Å². The van der Waals surface area contributed by atoms with Crippen molar-refractivity contribution in [3.8, 4) is 22.3 Å². The molecule has 0 aromatic heterocycles. The first kappa shape index (κ1) is 25.5. The van der Waals surface area contributed by atoms with E-state index >= 15 is 4.39 Å². The molecule has 1 aliphatic carbocycles. The molecule has 1 aliphatic rings. The summed E-state index contributed by atoms with van der Waals surface area (Å²) >= 11 is 0. The second kappa shape index (κ2) is 11.9. The standard InChI is InChI=1S/C32H37F3/c1-3-4-5-6-7-8-23-10-12-25(13-11-23)28-20-18-27(21-30(28)33)24-14-16-26(17-15-24)29-19-9-22(2)31(34)32(29)35/h9,14-21,23,25H,3-8,10-13H2,1-2H3. The predicted octanol–water partition coefficient (Wildman–Crippen LogP) is 10.4. The summed E-state index contributed by atoms with van der Waals surface area (Å²) in [5, 5.41) is 0. The van der Waals surface area contributed by atoms with Gasteiger partial charge in [0.05, 0.1) is 0 Å². The fourth-order valence-corrected chi connectivity index (χ4v) is 5.55. The Balaban J connectivity index is 1.38. The summed E-state index contributed by atoms with van der Waals surface area (Å²) in [4.78, 5) is 0. The lowest BCUT2D eigenvalue weighted by Gasteiger charge is -2.29. The smallest absolute Gasteiger partial charge is 0.166 e. The summed E-state index contributed by atoms with van der Waals surface area (Å²) in [6.07, 6.45) is 12.6. The zero-order valence-electron chi connectivity index (χ0n) is 21.1. The third-order valence-corrected chi connectivity index (χ3v) is 7.81. The van der Waals surface area contributed by atoms with Crippen LogP contribution in [0, 0.1) is 30.3 Å². The fraction of sp³-hybridized carbons (Fsp3) is 0.438. The van der Waals surface area contributed by atoms with Gasteiger partial charge in [0, 0.05) is 5.56 Å². The minimum atomic E-state index is -0.834. The predicted molar refractivity (Wildman–Crippen MR) is 140 cm³/mol. The molecule has 0 saturated heterocycles. The molecule has 0 spiro atoms. The van der Waals surface area contributed by atoms with Gasteiger partial charge in [0.15, 0.2) is 11.6 Å². The number of unbranched alkanes of at least 4 members (excludes halogenated alkanes) is 4. The largest absolute Gasteiger partial charge is 0.207 e. The molecule has 4 rings (SSSR count). The first-order chi connectivity index (χ1) is 17.0. The monoisotopic (exact) mass is 478 g/mol. The first-order valence-electron chi connectivity index (χ1n) is 13.3. The average Bonchev–Trinajstić information content (AvgIpc) is 2.88. The van der Waals surface area contributed by atoms with E-state index < -0.39 is 11.6 Å². The van der Waals surface area contributed by atoms with E-state index in [2.05, 4.69) is 6.92 Å². The Morgan fingerprint density at radius 1 is 0.686 bits per heavy atom. The van der Waals surface area contributed by atoms with Gasteiger partial charge in [0.1, 0.15) is 5.82 Å². The summed E-state index contributed by atoms with van der Waals surface area (Å²) in [5.74, 6) is -0.673. The van der Waals surface area contributed by atoms with Crippen molar-refractivity contribution in [2.45, 2.75) is 84.0 Å². The van der Waals surface area contributed by atoms with Crippen LogP contribution in [0.1, 0.15) is 88.2 Å². The van der Waals surface area contributed by atoms with Crippen LogP contribution in [0.15, 0.2) is 54.6 Å². The van der Waals surface area contributed by atoms with Crippen LogP contribution < -0.4 is 0 Å². The Kier molecular flexibility index (Phi) is 8.70. The molecule has 0 aliphatic heterocycles. The fourth-order valence-electron chi connectivity index (χ4n) is 5.55. The number of hydrogen-bond acceptors (Lipinski definition) is 0. The van der Waals surface area contributed by atoms with Gasteiger partial charge in [0.2, 0.25) is 0 Å². The van der Waals surface area contributed by atoms with Crippen molar-refractivity contribution in [1.82, 2.24) is 0 Å². The van der Waals surface area contributed by atoms with Crippen molar-refractivity contribution in [1.29, 1.82) is 0 Å². The van der Waals surface area contributed by atoms with Gasteiger partial charge >= 0.3 is 0 Å². The molecule has 0 radical (unpaired) electrons. The SMILES string of the molecule is CCCCCCCC1CCC(c2ccc(-c3ccc(-c4ccc(C)c(F)c4F)cc3)cc2F)CC1. The molecule has 0 N–H and O–H groups in total. The van der Waals surface area contributed by atoms with Crippen LogP contribution in [0.4, 0.5) is 13.2 Å². The minimum Gasteiger partial charge on any atom is -0.207 e. The molecule has 0 nitrogen and oxygen atoms in total. The second-order valence-electron chi connectivity index (χ2n) is 10.3. The van der Waals surface area contributed by atoms with Gasteiger partial charge < -0.3 is 0 Å². The van der Waals surface area contributed by atoms with E-state index in [1.807, 2.05) is 24.3 Å². The lowest BCUT2D eigenvalue weighted by molar-refractivity contribution is 0.298. The van der Waals surface area contributed by atoms with Crippen LogP contribution >= 0.6 is 0 Å². The Morgan fingerprint density at radius 2 is 1.34 bits per heavy atom.